The van der Waals surface area contributed by atoms with E-state index in [0.717, 1.165) is 19.3 Å². The molecule has 3 aromatic rings. The van der Waals surface area contributed by atoms with E-state index >= 15 is 0 Å². The number of hydrogen-bond donors (Lipinski definition) is 0. The maximum absolute atomic E-state index is 13.1. The molecular weight excluding hydrogens is 490 g/mol. The largest absolute Gasteiger partial charge is 0.457 e. The van der Waals surface area contributed by atoms with E-state index in [9.17, 15) is 24.0 Å². The summed E-state index contributed by atoms with van der Waals surface area (Å²) < 4.78 is 15.4. The molecule has 0 radical (unpaired) electrons. The quantitative estimate of drug-likeness (QED) is 0.201. The van der Waals surface area contributed by atoms with Crippen LogP contribution in [0.1, 0.15) is 50.5 Å². The number of hydrogen-bond acceptors (Lipinski definition) is 8. The molecule has 3 aliphatic rings. The van der Waals surface area contributed by atoms with Crippen LogP contribution in [0.2, 0.25) is 0 Å². The highest BCUT2D eigenvalue weighted by Gasteiger charge is 2.61. The Morgan fingerprint density at radius 3 is 2.21 bits per heavy atom. The molecule has 1 aromatic heterocycles. The van der Waals surface area contributed by atoms with E-state index in [1.165, 1.54) is 53.6 Å². The van der Waals surface area contributed by atoms with Crippen molar-refractivity contribution in [3.63, 3.8) is 0 Å². The molecule has 9 heteroatoms. The highest BCUT2D eigenvalue weighted by molar-refractivity contribution is 6.22. The van der Waals surface area contributed by atoms with Crippen molar-refractivity contribution in [3.05, 3.63) is 83.8 Å². The number of amides is 2. The minimum atomic E-state index is -0.747. The number of benzene rings is 2. The van der Waals surface area contributed by atoms with E-state index in [1.807, 2.05) is 0 Å². The van der Waals surface area contributed by atoms with E-state index in [4.69, 9.17) is 13.9 Å². The number of nitrogens with zero attached hydrogens (tertiary/aromatic N) is 1. The summed E-state index contributed by atoms with van der Waals surface area (Å²) in [6.07, 6.45) is 4.27. The smallest absolute Gasteiger partial charge is 0.379 e. The van der Waals surface area contributed by atoms with Gasteiger partial charge in [-0.3, -0.25) is 19.3 Å². The second-order valence-corrected chi connectivity index (χ2v) is 9.84. The second kappa shape index (κ2) is 9.41. The van der Waals surface area contributed by atoms with Crippen LogP contribution in [0.4, 0.5) is 5.69 Å². The molecule has 4 unspecified atom stereocenters. The van der Waals surface area contributed by atoms with Gasteiger partial charge in [0.05, 0.1) is 29.3 Å². The minimum Gasteiger partial charge on any atom is -0.457 e. The lowest BCUT2D eigenvalue weighted by atomic mass is 9.81. The van der Waals surface area contributed by atoms with E-state index in [-0.39, 0.29) is 58.1 Å². The highest BCUT2D eigenvalue weighted by atomic mass is 16.5. The van der Waals surface area contributed by atoms with Crippen molar-refractivity contribution >= 4 is 35.2 Å². The summed E-state index contributed by atoms with van der Waals surface area (Å²) in [6, 6.07) is 15.0. The molecule has 2 amide bonds. The van der Waals surface area contributed by atoms with Gasteiger partial charge in [-0.2, -0.15) is 0 Å². The SMILES string of the molecule is O=C(COC(=O)c1cccc(N2C(=O)C3C4CCC(C4)C3C2=O)c1)c1ccc(OC(=O)c2ccco2)cc1. The monoisotopic (exact) mass is 513 g/mol. The molecule has 38 heavy (non-hydrogen) atoms. The molecule has 192 valence electrons. The van der Waals surface area contributed by atoms with E-state index in [0.29, 0.717) is 5.69 Å². The van der Waals surface area contributed by atoms with Crippen LogP contribution in [0.5, 0.6) is 5.75 Å². The van der Waals surface area contributed by atoms with Gasteiger partial charge in [-0.05, 0) is 85.7 Å². The number of ether oxygens (including phenoxy) is 2. The molecule has 3 fully saturated rings. The van der Waals surface area contributed by atoms with Gasteiger partial charge in [0.25, 0.3) is 0 Å². The Kier molecular flexibility index (Phi) is 5.90. The van der Waals surface area contributed by atoms with Gasteiger partial charge in [-0.25, -0.2) is 9.59 Å². The molecule has 9 nitrogen and oxygen atoms in total. The summed E-state index contributed by atoms with van der Waals surface area (Å²) in [5.41, 5.74) is 0.740. The zero-order valence-corrected chi connectivity index (χ0v) is 20.2. The van der Waals surface area contributed by atoms with E-state index in [1.54, 1.807) is 18.2 Å². The molecule has 4 atom stereocenters. The number of imide groups is 1. The van der Waals surface area contributed by atoms with Crippen LogP contribution in [0, 0.1) is 23.7 Å². The third-order valence-electron chi connectivity index (χ3n) is 7.71. The van der Waals surface area contributed by atoms with Gasteiger partial charge in [0, 0.05) is 5.56 Å². The van der Waals surface area contributed by atoms with E-state index < -0.39 is 24.3 Å². The Hall–Kier alpha value is -4.53. The second-order valence-electron chi connectivity index (χ2n) is 9.84. The first-order valence-corrected chi connectivity index (χ1v) is 12.4. The topological polar surface area (TPSA) is 120 Å². The van der Waals surface area contributed by atoms with Gasteiger partial charge in [-0.1, -0.05) is 6.07 Å². The van der Waals surface area contributed by atoms with Gasteiger partial charge in [0.2, 0.25) is 17.6 Å². The third kappa shape index (κ3) is 4.09. The summed E-state index contributed by atoms with van der Waals surface area (Å²) in [5, 5.41) is 0. The molecular formula is C29H23NO8. The van der Waals surface area contributed by atoms with E-state index in [2.05, 4.69) is 0 Å². The Labute approximate surface area is 217 Å². The average molecular weight is 514 g/mol. The van der Waals surface area contributed by atoms with Gasteiger partial charge >= 0.3 is 11.9 Å². The molecule has 0 N–H and O–H groups in total. The van der Waals surface area contributed by atoms with Crippen molar-refractivity contribution in [1.82, 2.24) is 0 Å². The summed E-state index contributed by atoms with van der Waals surface area (Å²) in [4.78, 5) is 64.6. The van der Waals surface area contributed by atoms with Crippen LogP contribution in [-0.2, 0) is 14.3 Å². The zero-order chi connectivity index (χ0) is 26.4. The summed E-state index contributed by atoms with van der Waals surface area (Å²) in [7, 11) is 0. The predicted molar refractivity (Wildman–Crippen MR) is 131 cm³/mol. The van der Waals surface area contributed by atoms with Gasteiger partial charge in [-0.15, -0.1) is 0 Å². The molecule has 6 rings (SSSR count). The number of carbonyl (C=O) groups is 5. The van der Waals surface area contributed by atoms with Crippen LogP contribution >= 0.6 is 0 Å². The lowest BCUT2D eigenvalue weighted by Crippen LogP contribution is -2.32. The molecule has 2 bridgehead atoms. The molecule has 0 spiro atoms. The normalized spacial score (nSPS) is 23.4. The van der Waals surface area contributed by atoms with Crippen LogP contribution in [0.25, 0.3) is 0 Å². The fourth-order valence-corrected chi connectivity index (χ4v) is 5.99. The fourth-order valence-electron chi connectivity index (χ4n) is 5.99. The van der Waals surface area contributed by atoms with Crippen molar-refractivity contribution in [2.24, 2.45) is 23.7 Å². The van der Waals surface area contributed by atoms with Crippen molar-refractivity contribution in [1.29, 1.82) is 0 Å². The zero-order valence-electron chi connectivity index (χ0n) is 20.2. The molecule has 2 saturated carbocycles. The molecule has 1 aliphatic heterocycles. The Balaban J connectivity index is 1.07. The Morgan fingerprint density at radius 2 is 1.55 bits per heavy atom. The number of rotatable bonds is 7. The number of ketones is 1. The minimum absolute atomic E-state index is 0.0505. The van der Waals surface area contributed by atoms with Gasteiger partial charge in [0.15, 0.2) is 12.4 Å². The average Bonchev–Trinajstić information content (AvgIpc) is 3.73. The molecule has 2 heterocycles. The van der Waals surface area contributed by atoms with Crippen LogP contribution in [0.15, 0.2) is 71.3 Å². The van der Waals surface area contributed by atoms with Gasteiger partial charge < -0.3 is 13.9 Å². The summed E-state index contributed by atoms with van der Waals surface area (Å²) in [6.45, 7) is -0.510. The van der Waals surface area contributed by atoms with Crippen LogP contribution in [0.3, 0.4) is 0 Å². The first-order valence-electron chi connectivity index (χ1n) is 12.4. The predicted octanol–water partition coefficient (Wildman–Crippen LogP) is 4.07. The van der Waals surface area contributed by atoms with Crippen LogP contribution in [-0.4, -0.2) is 36.1 Å². The van der Waals surface area contributed by atoms with Crippen molar-refractivity contribution < 1.29 is 37.9 Å². The number of Topliss-reactive ketones (excluding diaryl/α,β-unsaturated/α-hetero) is 1. The number of anilines is 1. The lowest BCUT2D eigenvalue weighted by Gasteiger charge is -2.19. The first-order chi connectivity index (χ1) is 18.4. The van der Waals surface area contributed by atoms with Crippen molar-refractivity contribution in [2.75, 3.05) is 11.5 Å². The maximum Gasteiger partial charge on any atom is 0.379 e. The molecule has 2 aromatic carbocycles. The lowest BCUT2D eigenvalue weighted by molar-refractivity contribution is -0.123. The van der Waals surface area contributed by atoms with Crippen molar-refractivity contribution in [2.45, 2.75) is 19.3 Å². The molecule has 1 saturated heterocycles. The Bertz CT molecular complexity index is 1410. The third-order valence-corrected chi connectivity index (χ3v) is 7.71. The standard InChI is InChI=1S/C29H23NO8/c31-22(16-8-10-21(11-9-16)38-29(35)23-5-2-12-36-23)15-37-28(34)19-3-1-4-20(14-19)30-26(32)24-17-6-7-18(13-17)25(24)27(30)33/h1-5,8-12,14,17-18,24-25H,6-7,13,15H2. The fraction of sp³-hybridized carbons (Fsp3) is 0.276. The number of fused-ring (bicyclic) bond motifs is 5. The van der Waals surface area contributed by atoms with Gasteiger partial charge in [0.1, 0.15) is 5.75 Å². The Morgan fingerprint density at radius 1 is 0.842 bits per heavy atom. The molecule has 2 aliphatic carbocycles. The van der Waals surface area contributed by atoms with Crippen LogP contribution < -0.4 is 9.64 Å². The highest BCUT2D eigenvalue weighted by Crippen LogP contribution is 2.56. The maximum atomic E-state index is 13.1. The first kappa shape index (κ1) is 23.8. The van der Waals surface area contributed by atoms with Crippen molar-refractivity contribution in [3.8, 4) is 5.75 Å². The summed E-state index contributed by atoms with van der Waals surface area (Å²) in [5.74, 6) is -1.95. The number of carbonyl (C=O) groups excluding carboxylic acids is 5. The summed E-state index contributed by atoms with van der Waals surface area (Å²) >= 11 is 0. The number of esters is 2. The number of furan rings is 1.